The predicted octanol–water partition coefficient (Wildman–Crippen LogP) is -3.76. The molecule has 0 saturated carbocycles. The van der Waals surface area contributed by atoms with Gasteiger partial charge >= 0.3 is 0 Å². The molecule has 1 rings (SSSR count). The highest BCUT2D eigenvalue weighted by Gasteiger charge is 2.44. The number of primary amides is 1. The largest absolute Gasteiger partial charge is 0.388 e. The summed E-state index contributed by atoms with van der Waals surface area (Å²) in [7, 11) is 0. The van der Waals surface area contributed by atoms with E-state index in [1.807, 2.05) is 5.73 Å². The maximum atomic E-state index is 10.8. The molecular formula is C6H12N2O5. The van der Waals surface area contributed by atoms with Crippen LogP contribution in [0.5, 0.6) is 0 Å². The van der Waals surface area contributed by atoms with E-state index in [-0.39, 0.29) is 0 Å². The van der Waals surface area contributed by atoms with Crippen LogP contribution < -0.4 is 11.5 Å². The third-order valence-electron chi connectivity index (χ3n) is 1.90. The Bertz CT molecular complexity index is 228. The first-order valence-corrected chi connectivity index (χ1v) is 3.65. The molecule has 7 heteroatoms. The quantitative estimate of drug-likeness (QED) is 0.305. The van der Waals surface area contributed by atoms with E-state index in [9.17, 15) is 9.90 Å². The van der Waals surface area contributed by atoms with E-state index in [0.29, 0.717) is 0 Å². The zero-order valence-electron chi connectivity index (χ0n) is 7.62. The molecule has 13 heavy (non-hydrogen) atoms. The van der Waals surface area contributed by atoms with Gasteiger partial charge in [0.2, 0.25) is 5.91 Å². The van der Waals surface area contributed by atoms with Gasteiger partial charge in [0.1, 0.15) is 13.6 Å². The van der Waals surface area contributed by atoms with E-state index in [4.69, 9.17) is 17.4 Å². The first-order valence-electron chi connectivity index (χ1n) is 4.15. The number of aliphatic hydroxyl groups excluding tert-OH is 3. The van der Waals surface area contributed by atoms with Gasteiger partial charge in [0.05, 0.1) is 6.04 Å². The minimum Gasteiger partial charge on any atom is -0.388 e. The summed E-state index contributed by atoms with van der Waals surface area (Å²) in [5.41, 5.74) is 6.75. The SMILES string of the molecule is [2H]N[C@@H]1[C@H](O)[C@@H](O)C(O)O[C@@H]1C(N)=O. The Balaban J connectivity index is 2.82. The molecule has 1 amide bonds. The van der Waals surface area contributed by atoms with Crippen molar-refractivity contribution < 1.29 is 26.3 Å². The summed E-state index contributed by atoms with van der Waals surface area (Å²) in [6.07, 6.45) is -6.10. The Labute approximate surface area is 75.4 Å². The number of aliphatic hydroxyl groups is 3. The average molecular weight is 193 g/mol. The van der Waals surface area contributed by atoms with Crippen LogP contribution in [0.15, 0.2) is 0 Å². The molecule has 7 nitrogen and oxygen atoms in total. The summed E-state index contributed by atoms with van der Waals surface area (Å²) >= 11 is 0. The Hall–Kier alpha value is -0.730. The predicted molar refractivity (Wildman–Crippen MR) is 40.1 cm³/mol. The van der Waals surface area contributed by atoms with Crippen LogP contribution in [0.1, 0.15) is 0 Å². The molecule has 0 radical (unpaired) electrons. The molecule has 0 bridgehead atoms. The third kappa shape index (κ3) is 1.79. The molecule has 7 N–H and O–H groups in total. The number of nitrogens with two attached hydrogens (primary N) is 2. The van der Waals surface area contributed by atoms with Gasteiger partial charge in [0.15, 0.2) is 12.4 Å². The second kappa shape index (κ2) is 3.56. The van der Waals surface area contributed by atoms with Crippen LogP contribution in [0.4, 0.5) is 0 Å². The number of rotatable bonds is 2. The monoisotopic (exact) mass is 193 g/mol. The van der Waals surface area contributed by atoms with Gasteiger partial charge in [-0.15, -0.1) is 0 Å². The van der Waals surface area contributed by atoms with Crippen LogP contribution >= 0.6 is 0 Å². The fraction of sp³-hybridized carbons (Fsp3) is 0.833. The molecular weight excluding hydrogens is 180 g/mol. The van der Waals surface area contributed by atoms with Gasteiger partial charge in [-0.05, 0) is 0 Å². The van der Waals surface area contributed by atoms with Crippen molar-refractivity contribution in [3.63, 3.8) is 0 Å². The summed E-state index contributed by atoms with van der Waals surface area (Å²) in [6, 6.07) is -1.16. The molecule has 0 aromatic carbocycles. The van der Waals surface area contributed by atoms with Gasteiger partial charge < -0.3 is 31.5 Å². The maximum Gasteiger partial charge on any atom is 0.248 e. The molecule has 1 aliphatic rings. The average Bonchev–Trinajstić information content (AvgIpc) is 2.13. The third-order valence-corrected chi connectivity index (χ3v) is 1.90. The number of ether oxygens (including phenoxy) is 1. The van der Waals surface area contributed by atoms with E-state index in [0.717, 1.165) is 0 Å². The van der Waals surface area contributed by atoms with Crippen molar-refractivity contribution in [2.45, 2.75) is 30.6 Å². The van der Waals surface area contributed by atoms with Gasteiger partial charge in [0, 0.05) is 0 Å². The highest BCUT2D eigenvalue weighted by molar-refractivity contribution is 5.80. The van der Waals surface area contributed by atoms with Crippen LogP contribution in [0, 0.1) is 0 Å². The number of carbonyl (C=O) groups is 1. The second-order valence-corrected chi connectivity index (χ2v) is 2.86. The second-order valence-electron chi connectivity index (χ2n) is 2.86. The van der Waals surface area contributed by atoms with Crippen LogP contribution in [-0.2, 0) is 9.53 Å². The Morgan fingerprint density at radius 2 is 2.00 bits per heavy atom. The highest BCUT2D eigenvalue weighted by atomic mass is 16.6. The summed E-state index contributed by atoms with van der Waals surface area (Å²) in [5, 5.41) is 27.5. The number of hydrogen-bond acceptors (Lipinski definition) is 6. The lowest BCUT2D eigenvalue weighted by Crippen LogP contribution is -2.64. The summed E-state index contributed by atoms with van der Waals surface area (Å²) in [5.74, 6) is -0.931. The molecule has 1 saturated heterocycles. The zero-order valence-corrected chi connectivity index (χ0v) is 6.62. The van der Waals surface area contributed by atoms with Gasteiger partial charge in [-0.25, -0.2) is 0 Å². The molecule has 0 spiro atoms. The molecule has 1 fully saturated rings. The van der Waals surface area contributed by atoms with Gasteiger partial charge in [-0.3, -0.25) is 4.79 Å². The molecule has 1 unspecified atom stereocenters. The first kappa shape index (κ1) is 8.85. The molecule has 1 heterocycles. The molecule has 76 valence electrons. The molecule has 0 aromatic heterocycles. The fourth-order valence-corrected chi connectivity index (χ4v) is 1.12. The van der Waals surface area contributed by atoms with Crippen molar-refractivity contribution >= 4 is 5.91 Å². The van der Waals surface area contributed by atoms with Crippen molar-refractivity contribution in [1.29, 1.82) is 0 Å². The summed E-state index contributed by atoms with van der Waals surface area (Å²) in [4.78, 5) is 10.8. The van der Waals surface area contributed by atoms with Crippen molar-refractivity contribution in [2.75, 3.05) is 0 Å². The van der Waals surface area contributed by atoms with Crippen LogP contribution in [-0.4, -0.2) is 51.9 Å². The lowest BCUT2D eigenvalue weighted by Gasteiger charge is -2.37. The Morgan fingerprint density at radius 3 is 2.46 bits per heavy atom. The van der Waals surface area contributed by atoms with E-state index < -0.39 is 36.6 Å². The smallest absolute Gasteiger partial charge is 0.248 e. The number of hydrogen-bond donors (Lipinski definition) is 5. The Kier molecular flexibility index (Phi) is 2.42. The lowest BCUT2D eigenvalue weighted by atomic mass is 9.97. The zero-order chi connectivity index (χ0) is 10.9. The van der Waals surface area contributed by atoms with Gasteiger partial charge in [-0.1, -0.05) is 0 Å². The van der Waals surface area contributed by atoms with Gasteiger partial charge in [0.25, 0.3) is 0 Å². The van der Waals surface area contributed by atoms with E-state index in [2.05, 4.69) is 4.74 Å². The lowest BCUT2D eigenvalue weighted by molar-refractivity contribution is -0.248. The Morgan fingerprint density at radius 1 is 1.38 bits per heavy atom. The minimum absolute atomic E-state index is 0.931. The van der Waals surface area contributed by atoms with E-state index in [1.54, 1.807) is 0 Å². The number of carbonyl (C=O) groups excluding carboxylic acids is 1. The minimum atomic E-state index is -1.69. The number of amides is 1. The molecule has 1 aliphatic heterocycles. The molecule has 0 aliphatic carbocycles. The maximum absolute atomic E-state index is 10.8. The topological polar surface area (TPSA) is 139 Å². The standard InChI is InChI=1S/C6H12N2O5/c7-1-2(9)3(10)6(12)13-4(1)5(8)11/h1-4,6,9-10,12H,7H2,(H2,8,11)/t1-,2+,3-,4+,6?/m1/s1/i/hD. The van der Waals surface area contributed by atoms with E-state index >= 15 is 0 Å². The molecule has 0 aromatic rings. The van der Waals surface area contributed by atoms with Crippen LogP contribution in [0.2, 0.25) is 1.41 Å². The normalized spacial score (nSPS) is 47.0. The van der Waals surface area contributed by atoms with Gasteiger partial charge in [-0.2, -0.15) is 0 Å². The fourth-order valence-electron chi connectivity index (χ4n) is 1.12. The van der Waals surface area contributed by atoms with Crippen LogP contribution in [0.3, 0.4) is 0 Å². The highest BCUT2D eigenvalue weighted by Crippen LogP contribution is 2.17. The van der Waals surface area contributed by atoms with Crippen LogP contribution in [0.25, 0.3) is 0 Å². The summed E-state index contributed by atoms with van der Waals surface area (Å²) < 4.78 is 11.4. The summed E-state index contributed by atoms with van der Waals surface area (Å²) in [6.45, 7) is 0. The van der Waals surface area contributed by atoms with Crippen molar-refractivity contribution in [3.8, 4) is 0 Å². The van der Waals surface area contributed by atoms with Crippen molar-refractivity contribution in [2.24, 2.45) is 11.5 Å². The van der Waals surface area contributed by atoms with Crippen molar-refractivity contribution in [1.82, 2.24) is 0 Å². The van der Waals surface area contributed by atoms with E-state index in [1.165, 1.54) is 0 Å². The van der Waals surface area contributed by atoms with Crippen molar-refractivity contribution in [3.05, 3.63) is 0 Å². The first-order chi connectivity index (χ1) is 6.49. The molecule has 5 atom stereocenters.